The Morgan fingerprint density at radius 2 is 2.00 bits per heavy atom. The molecule has 0 saturated heterocycles. The van der Waals surface area contributed by atoms with Crippen LogP contribution in [0, 0.1) is 11.8 Å². The van der Waals surface area contributed by atoms with Crippen molar-refractivity contribution in [3.63, 3.8) is 0 Å². The molecular formula is C15H32N2O. The van der Waals surface area contributed by atoms with Gasteiger partial charge in [0, 0.05) is 25.2 Å². The lowest BCUT2D eigenvalue weighted by molar-refractivity contribution is 0.00414. The molecule has 3 heteroatoms. The van der Waals surface area contributed by atoms with E-state index in [1.54, 1.807) is 0 Å². The number of hydrogen-bond acceptors (Lipinski definition) is 3. The molecule has 0 aromatic carbocycles. The summed E-state index contributed by atoms with van der Waals surface area (Å²) in [5, 5.41) is 0. The fraction of sp³-hybridized carbons (Fsp3) is 1.00. The van der Waals surface area contributed by atoms with Crippen molar-refractivity contribution in [3.05, 3.63) is 0 Å². The van der Waals surface area contributed by atoms with Crippen molar-refractivity contribution in [1.29, 1.82) is 0 Å². The summed E-state index contributed by atoms with van der Waals surface area (Å²) >= 11 is 0. The van der Waals surface area contributed by atoms with Crippen LogP contribution < -0.4 is 5.73 Å². The van der Waals surface area contributed by atoms with Crippen molar-refractivity contribution < 1.29 is 4.74 Å². The first kappa shape index (κ1) is 15.9. The van der Waals surface area contributed by atoms with Crippen LogP contribution in [0.5, 0.6) is 0 Å². The fourth-order valence-corrected chi connectivity index (χ4v) is 3.33. The summed E-state index contributed by atoms with van der Waals surface area (Å²) < 4.78 is 5.51. The van der Waals surface area contributed by atoms with Crippen molar-refractivity contribution >= 4 is 0 Å². The highest BCUT2D eigenvalue weighted by atomic mass is 16.5. The van der Waals surface area contributed by atoms with Gasteiger partial charge in [-0.05, 0) is 44.6 Å². The molecule has 0 amide bonds. The molecule has 0 aliphatic heterocycles. The molecule has 3 atom stereocenters. The molecule has 1 aliphatic rings. The second kappa shape index (κ2) is 7.46. The first-order valence-corrected chi connectivity index (χ1v) is 7.62. The van der Waals surface area contributed by atoms with Gasteiger partial charge in [0.2, 0.25) is 0 Å². The van der Waals surface area contributed by atoms with Gasteiger partial charge in [-0.25, -0.2) is 0 Å². The lowest BCUT2D eigenvalue weighted by Gasteiger charge is -2.49. The summed E-state index contributed by atoms with van der Waals surface area (Å²) in [5.74, 6) is 1.62. The quantitative estimate of drug-likeness (QED) is 0.711. The maximum Gasteiger partial charge on any atom is 0.0593 e. The lowest BCUT2D eigenvalue weighted by Crippen LogP contribution is -2.57. The number of ether oxygens (including phenoxy) is 1. The topological polar surface area (TPSA) is 38.5 Å². The van der Waals surface area contributed by atoms with Crippen molar-refractivity contribution in [1.82, 2.24) is 4.90 Å². The minimum absolute atomic E-state index is 0.220. The summed E-state index contributed by atoms with van der Waals surface area (Å²) in [6.45, 7) is 13.6. The van der Waals surface area contributed by atoms with Crippen LogP contribution in [0.25, 0.3) is 0 Å². The van der Waals surface area contributed by atoms with Crippen LogP contribution in [0.3, 0.4) is 0 Å². The predicted octanol–water partition coefficient (Wildman–Crippen LogP) is 2.50. The van der Waals surface area contributed by atoms with Crippen molar-refractivity contribution in [2.24, 2.45) is 17.6 Å². The van der Waals surface area contributed by atoms with E-state index in [9.17, 15) is 0 Å². The van der Waals surface area contributed by atoms with E-state index in [-0.39, 0.29) is 5.54 Å². The highest BCUT2D eigenvalue weighted by Crippen LogP contribution is 2.39. The van der Waals surface area contributed by atoms with Gasteiger partial charge >= 0.3 is 0 Å². The molecule has 0 radical (unpaired) electrons. The number of hydrogen-bond donors (Lipinski definition) is 1. The second-order valence-corrected chi connectivity index (χ2v) is 5.90. The Labute approximate surface area is 113 Å². The van der Waals surface area contributed by atoms with Gasteiger partial charge in [0.25, 0.3) is 0 Å². The maximum absolute atomic E-state index is 6.14. The van der Waals surface area contributed by atoms with E-state index in [2.05, 4.69) is 32.6 Å². The van der Waals surface area contributed by atoms with Gasteiger partial charge in [-0.3, -0.25) is 4.90 Å². The maximum atomic E-state index is 6.14. The molecule has 0 spiro atoms. The molecule has 1 saturated carbocycles. The van der Waals surface area contributed by atoms with Crippen molar-refractivity contribution in [2.75, 3.05) is 32.8 Å². The van der Waals surface area contributed by atoms with Gasteiger partial charge in [-0.2, -0.15) is 0 Å². The zero-order valence-corrected chi connectivity index (χ0v) is 12.7. The van der Waals surface area contributed by atoms with Crippen LogP contribution >= 0.6 is 0 Å². The summed E-state index contributed by atoms with van der Waals surface area (Å²) in [5.41, 5.74) is 6.36. The van der Waals surface area contributed by atoms with Gasteiger partial charge in [0.15, 0.2) is 0 Å². The molecule has 3 nitrogen and oxygen atoms in total. The van der Waals surface area contributed by atoms with Crippen LogP contribution in [0.1, 0.15) is 47.0 Å². The third-order valence-electron chi connectivity index (χ3n) is 4.88. The molecule has 18 heavy (non-hydrogen) atoms. The van der Waals surface area contributed by atoms with Crippen molar-refractivity contribution in [2.45, 2.75) is 52.5 Å². The fourth-order valence-electron chi connectivity index (χ4n) is 3.33. The van der Waals surface area contributed by atoms with Gasteiger partial charge in [0.05, 0.1) is 6.61 Å². The number of likely N-dealkylation sites (N-methyl/N-ethyl adjacent to an activating group) is 1. The van der Waals surface area contributed by atoms with Crippen LogP contribution in [0.4, 0.5) is 0 Å². The largest absolute Gasteiger partial charge is 0.380 e. The smallest absolute Gasteiger partial charge is 0.0593 e. The molecule has 0 bridgehead atoms. The Bertz CT molecular complexity index is 235. The van der Waals surface area contributed by atoms with Gasteiger partial charge < -0.3 is 10.5 Å². The number of nitrogens with two attached hydrogens (primary N) is 1. The molecule has 0 heterocycles. The second-order valence-electron chi connectivity index (χ2n) is 5.90. The molecular weight excluding hydrogens is 224 g/mol. The van der Waals surface area contributed by atoms with Crippen LogP contribution in [0.2, 0.25) is 0 Å². The molecule has 2 N–H and O–H groups in total. The van der Waals surface area contributed by atoms with E-state index in [0.717, 1.165) is 44.7 Å². The van der Waals surface area contributed by atoms with Crippen molar-refractivity contribution in [3.8, 4) is 0 Å². The zero-order valence-electron chi connectivity index (χ0n) is 12.7. The van der Waals surface area contributed by atoms with Gasteiger partial charge in [-0.15, -0.1) is 0 Å². The number of rotatable bonds is 7. The average Bonchev–Trinajstić information content (AvgIpc) is 2.38. The third kappa shape index (κ3) is 3.69. The van der Waals surface area contributed by atoms with Crippen LogP contribution in [-0.4, -0.2) is 43.3 Å². The Balaban J connectivity index is 2.65. The lowest BCUT2D eigenvalue weighted by atomic mass is 9.70. The standard InChI is InChI=1S/C15H32N2O/c1-5-17(9-10-18-6-2)15(12-16)8-7-13(3)14(4)11-15/h13-14H,5-12,16H2,1-4H3. The third-order valence-corrected chi connectivity index (χ3v) is 4.88. The van der Waals surface area contributed by atoms with E-state index in [1.165, 1.54) is 19.3 Å². The van der Waals surface area contributed by atoms with E-state index in [0.29, 0.717) is 0 Å². The van der Waals surface area contributed by atoms with Gasteiger partial charge in [0.1, 0.15) is 0 Å². The molecule has 1 aliphatic carbocycles. The Kier molecular flexibility index (Phi) is 6.61. The minimum Gasteiger partial charge on any atom is -0.380 e. The monoisotopic (exact) mass is 256 g/mol. The van der Waals surface area contributed by atoms with E-state index in [1.807, 2.05) is 0 Å². The normalized spacial score (nSPS) is 33.0. The van der Waals surface area contributed by atoms with Gasteiger partial charge in [-0.1, -0.05) is 20.8 Å². The summed E-state index contributed by atoms with van der Waals surface area (Å²) in [7, 11) is 0. The highest BCUT2D eigenvalue weighted by Gasteiger charge is 2.40. The van der Waals surface area contributed by atoms with E-state index in [4.69, 9.17) is 10.5 Å². The zero-order chi connectivity index (χ0) is 13.6. The minimum atomic E-state index is 0.220. The molecule has 3 unspecified atom stereocenters. The summed E-state index contributed by atoms with van der Waals surface area (Å²) in [4.78, 5) is 2.56. The van der Waals surface area contributed by atoms with Crippen LogP contribution in [-0.2, 0) is 4.74 Å². The highest BCUT2D eigenvalue weighted by molar-refractivity contribution is 4.97. The first-order valence-electron chi connectivity index (χ1n) is 7.62. The van der Waals surface area contributed by atoms with E-state index >= 15 is 0 Å². The predicted molar refractivity (Wildman–Crippen MR) is 77.7 cm³/mol. The molecule has 108 valence electrons. The SMILES string of the molecule is CCOCCN(CC)C1(CN)CCC(C)C(C)C1. The number of nitrogens with zero attached hydrogens (tertiary/aromatic N) is 1. The van der Waals surface area contributed by atoms with Crippen LogP contribution in [0.15, 0.2) is 0 Å². The first-order chi connectivity index (χ1) is 8.59. The molecule has 0 aromatic heterocycles. The molecule has 0 aromatic rings. The summed E-state index contributed by atoms with van der Waals surface area (Å²) in [6.07, 6.45) is 3.79. The summed E-state index contributed by atoms with van der Waals surface area (Å²) in [6, 6.07) is 0. The van der Waals surface area contributed by atoms with E-state index < -0.39 is 0 Å². The molecule has 1 rings (SSSR count). The Morgan fingerprint density at radius 3 is 2.50 bits per heavy atom. The molecule has 1 fully saturated rings. The average molecular weight is 256 g/mol. The Morgan fingerprint density at radius 1 is 1.28 bits per heavy atom. The Hall–Kier alpha value is -0.120.